The quantitative estimate of drug-likeness (QED) is 0.916. The fourth-order valence-electron chi connectivity index (χ4n) is 1.35. The van der Waals surface area contributed by atoms with Crippen molar-refractivity contribution in [3.63, 3.8) is 0 Å². The fourth-order valence-corrected chi connectivity index (χ4v) is 2.26. The maximum atomic E-state index is 13.3. The van der Waals surface area contributed by atoms with Gasteiger partial charge in [0, 0.05) is 18.2 Å². The van der Waals surface area contributed by atoms with Crippen molar-refractivity contribution in [2.24, 2.45) is 0 Å². The van der Waals surface area contributed by atoms with E-state index in [-0.39, 0.29) is 27.8 Å². The lowest BCUT2D eigenvalue weighted by Gasteiger charge is -2.05. The summed E-state index contributed by atoms with van der Waals surface area (Å²) in [6.07, 6.45) is 0. The number of carbonyl (C=O) groups is 1. The van der Waals surface area contributed by atoms with Gasteiger partial charge in [-0.2, -0.15) is 4.37 Å². The lowest BCUT2D eigenvalue weighted by Crippen LogP contribution is -2.22. The van der Waals surface area contributed by atoms with Crippen LogP contribution in [0, 0.1) is 11.6 Å². The second kappa shape index (κ2) is 5.50. The molecule has 1 aromatic carbocycles. The average molecular weight is 304 g/mol. The summed E-state index contributed by atoms with van der Waals surface area (Å²) in [5.74, 6) is -1.84. The maximum Gasteiger partial charge on any atom is 0.264 e. The Hall–Kier alpha value is -1.73. The van der Waals surface area contributed by atoms with E-state index in [9.17, 15) is 13.6 Å². The van der Waals surface area contributed by atoms with Crippen molar-refractivity contribution in [1.29, 1.82) is 0 Å². The van der Waals surface area contributed by atoms with Gasteiger partial charge in [0.25, 0.3) is 5.91 Å². The zero-order valence-corrected chi connectivity index (χ0v) is 11.0. The molecule has 0 aliphatic heterocycles. The minimum absolute atomic E-state index is 0.0714. The number of aromatic nitrogens is 1. The van der Waals surface area contributed by atoms with Crippen LogP contribution in [-0.4, -0.2) is 10.3 Å². The van der Waals surface area contributed by atoms with Crippen molar-refractivity contribution < 1.29 is 13.6 Å². The van der Waals surface area contributed by atoms with Crippen LogP contribution in [0.4, 0.5) is 14.6 Å². The van der Waals surface area contributed by atoms with E-state index in [2.05, 4.69) is 9.69 Å². The number of nitrogens with two attached hydrogens (primary N) is 1. The van der Waals surface area contributed by atoms with E-state index in [1.807, 2.05) is 0 Å². The van der Waals surface area contributed by atoms with Crippen LogP contribution >= 0.6 is 23.1 Å². The highest BCUT2D eigenvalue weighted by Crippen LogP contribution is 2.26. The third-order valence-corrected chi connectivity index (χ3v) is 3.67. The first-order valence-electron chi connectivity index (χ1n) is 5.12. The largest absolute Gasteiger partial charge is 0.382 e. The summed E-state index contributed by atoms with van der Waals surface area (Å²) in [5.41, 5.74) is 5.58. The molecular weight excluding hydrogens is 296 g/mol. The van der Waals surface area contributed by atoms with Crippen LogP contribution in [0.15, 0.2) is 18.2 Å². The van der Waals surface area contributed by atoms with Gasteiger partial charge in [-0.25, -0.2) is 8.78 Å². The summed E-state index contributed by atoms with van der Waals surface area (Å²) < 4.78 is 29.8. The van der Waals surface area contributed by atoms with Crippen LogP contribution in [0.1, 0.15) is 15.2 Å². The van der Waals surface area contributed by atoms with E-state index >= 15 is 0 Å². The number of halogens is 3. The van der Waals surface area contributed by atoms with Crippen molar-refractivity contribution in [3.8, 4) is 0 Å². The number of rotatable bonds is 3. The van der Waals surface area contributed by atoms with E-state index in [0.29, 0.717) is 0 Å². The Morgan fingerprint density at radius 1 is 1.47 bits per heavy atom. The molecule has 0 bridgehead atoms. The van der Waals surface area contributed by atoms with Crippen LogP contribution in [0.2, 0.25) is 5.02 Å². The number of nitrogens with one attached hydrogen (secondary N) is 1. The van der Waals surface area contributed by atoms with Gasteiger partial charge in [0.1, 0.15) is 21.5 Å². The molecule has 0 fully saturated rings. The van der Waals surface area contributed by atoms with Gasteiger partial charge >= 0.3 is 0 Å². The molecule has 19 heavy (non-hydrogen) atoms. The Labute approximate surface area is 116 Å². The molecule has 2 rings (SSSR count). The Balaban J connectivity index is 2.06. The highest BCUT2D eigenvalue weighted by Gasteiger charge is 2.16. The second-order valence-electron chi connectivity index (χ2n) is 3.63. The van der Waals surface area contributed by atoms with Gasteiger partial charge in [0.2, 0.25) is 0 Å². The molecule has 1 aromatic heterocycles. The molecule has 100 valence electrons. The number of benzene rings is 1. The summed E-state index contributed by atoms with van der Waals surface area (Å²) in [6.45, 7) is -0.0842. The lowest BCUT2D eigenvalue weighted by molar-refractivity contribution is 0.0955. The molecule has 0 aliphatic rings. The molecule has 8 heteroatoms. The van der Waals surface area contributed by atoms with Crippen molar-refractivity contribution in [2.45, 2.75) is 6.54 Å². The summed E-state index contributed by atoms with van der Waals surface area (Å²) in [7, 11) is 0. The predicted octanol–water partition coefficient (Wildman–Crippen LogP) is 2.59. The second-order valence-corrected chi connectivity index (χ2v) is 4.78. The standard InChI is InChI=1S/C11H8ClF2N3OS/c12-8-9(19-17-10(8)15)11(18)16-4-5-1-2-6(13)3-7(5)14/h1-3H,4H2,(H2,15,17)(H,16,18). The van der Waals surface area contributed by atoms with Crippen molar-refractivity contribution in [2.75, 3.05) is 5.73 Å². The Bertz CT molecular complexity index is 632. The third-order valence-electron chi connectivity index (χ3n) is 2.32. The van der Waals surface area contributed by atoms with Gasteiger partial charge in [-0.3, -0.25) is 4.79 Å². The predicted molar refractivity (Wildman–Crippen MR) is 69.1 cm³/mol. The molecular formula is C11H8ClF2N3OS. The highest BCUT2D eigenvalue weighted by molar-refractivity contribution is 7.09. The minimum Gasteiger partial charge on any atom is -0.382 e. The number of amides is 1. The zero-order chi connectivity index (χ0) is 14.0. The van der Waals surface area contributed by atoms with Gasteiger partial charge in [0.15, 0.2) is 5.82 Å². The Kier molecular flexibility index (Phi) is 3.96. The van der Waals surface area contributed by atoms with Gasteiger partial charge in [-0.15, -0.1) is 0 Å². The van der Waals surface area contributed by atoms with Crippen LogP contribution in [-0.2, 0) is 6.54 Å². The molecule has 1 heterocycles. The molecule has 0 unspecified atom stereocenters. The van der Waals surface area contributed by atoms with E-state index < -0.39 is 17.5 Å². The van der Waals surface area contributed by atoms with Gasteiger partial charge in [0.05, 0.1) is 0 Å². The summed E-state index contributed by atoms with van der Waals surface area (Å²) >= 11 is 6.63. The molecule has 0 saturated heterocycles. The number of carbonyl (C=O) groups excluding carboxylic acids is 1. The van der Waals surface area contributed by atoms with Gasteiger partial charge in [-0.1, -0.05) is 17.7 Å². The normalized spacial score (nSPS) is 10.5. The number of hydrogen-bond acceptors (Lipinski definition) is 4. The van der Waals surface area contributed by atoms with Crippen LogP contribution in [0.5, 0.6) is 0 Å². The zero-order valence-electron chi connectivity index (χ0n) is 9.41. The molecule has 4 nitrogen and oxygen atoms in total. The lowest BCUT2D eigenvalue weighted by atomic mass is 10.2. The van der Waals surface area contributed by atoms with Crippen molar-refractivity contribution in [3.05, 3.63) is 45.3 Å². The first kappa shape index (κ1) is 13.7. The van der Waals surface area contributed by atoms with E-state index in [0.717, 1.165) is 23.7 Å². The number of nitrogen functional groups attached to an aromatic ring is 1. The topological polar surface area (TPSA) is 68.0 Å². The summed E-state index contributed by atoms with van der Waals surface area (Å²) in [5, 5.41) is 2.53. The summed E-state index contributed by atoms with van der Waals surface area (Å²) in [4.78, 5) is 11.9. The number of hydrogen-bond donors (Lipinski definition) is 2. The molecule has 0 atom stereocenters. The van der Waals surface area contributed by atoms with E-state index in [1.54, 1.807) is 0 Å². The van der Waals surface area contributed by atoms with Crippen molar-refractivity contribution in [1.82, 2.24) is 9.69 Å². The monoisotopic (exact) mass is 303 g/mol. The maximum absolute atomic E-state index is 13.3. The van der Waals surface area contributed by atoms with Gasteiger partial charge < -0.3 is 11.1 Å². The van der Waals surface area contributed by atoms with Crippen molar-refractivity contribution >= 4 is 34.9 Å². The van der Waals surface area contributed by atoms with Crippen LogP contribution in [0.3, 0.4) is 0 Å². The first-order valence-corrected chi connectivity index (χ1v) is 6.27. The molecule has 0 spiro atoms. The molecule has 3 N–H and O–H groups in total. The highest BCUT2D eigenvalue weighted by atomic mass is 35.5. The SMILES string of the molecule is Nc1nsc(C(=O)NCc2ccc(F)cc2F)c1Cl. The third kappa shape index (κ3) is 2.99. The van der Waals surface area contributed by atoms with Crippen LogP contribution < -0.4 is 11.1 Å². The number of nitrogens with zero attached hydrogens (tertiary/aromatic N) is 1. The molecule has 0 aliphatic carbocycles. The summed E-state index contributed by atoms with van der Waals surface area (Å²) in [6, 6.07) is 3.12. The molecule has 0 radical (unpaired) electrons. The first-order chi connectivity index (χ1) is 8.99. The average Bonchev–Trinajstić information content (AvgIpc) is 2.69. The fraction of sp³-hybridized carbons (Fsp3) is 0.0909. The smallest absolute Gasteiger partial charge is 0.264 e. The van der Waals surface area contributed by atoms with Gasteiger partial charge in [-0.05, 0) is 17.6 Å². The molecule has 0 saturated carbocycles. The number of anilines is 1. The minimum atomic E-state index is -0.727. The van der Waals surface area contributed by atoms with E-state index in [1.165, 1.54) is 6.07 Å². The Morgan fingerprint density at radius 3 is 2.79 bits per heavy atom. The molecule has 2 aromatic rings. The van der Waals surface area contributed by atoms with E-state index in [4.69, 9.17) is 17.3 Å². The Morgan fingerprint density at radius 2 is 2.21 bits per heavy atom. The van der Waals surface area contributed by atoms with Crippen LogP contribution in [0.25, 0.3) is 0 Å². The molecule has 1 amide bonds.